The Bertz CT molecular complexity index is 1040. The van der Waals surface area contributed by atoms with E-state index in [1.54, 1.807) is 6.92 Å². The minimum absolute atomic E-state index is 0.0314. The molecule has 2 aliphatic rings. The molecule has 0 aromatic heterocycles. The van der Waals surface area contributed by atoms with Gasteiger partial charge in [0.25, 0.3) is 0 Å². The van der Waals surface area contributed by atoms with Crippen molar-refractivity contribution < 1.29 is 24.2 Å². The van der Waals surface area contributed by atoms with Gasteiger partial charge in [-0.1, -0.05) is 61.4 Å². The molecule has 7 nitrogen and oxygen atoms in total. The van der Waals surface area contributed by atoms with E-state index in [1.165, 1.54) is 11.1 Å². The van der Waals surface area contributed by atoms with Crippen LogP contribution in [0.1, 0.15) is 63.0 Å². The molecule has 2 unspecified atom stereocenters. The molecule has 2 amide bonds. The van der Waals surface area contributed by atoms with Crippen molar-refractivity contribution in [2.75, 3.05) is 6.61 Å². The number of rotatable bonds is 7. The fraction of sp³-hybridized carbons (Fsp3) is 0.444. The van der Waals surface area contributed by atoms with E-state index in [0.29, 0.717) is 12.8 Å². The molecule has 2 aromatic rings. The number of ether oxygens (including phenoxy) is 1. The highest BCUT2D eigenvalue weighted by atomic mass is 16.5. The zero-order valence-corrected chi connectivity index (χ0v) is 19.7. The number of carboxylic acid groups (broad SMARTS) is 1. The normalized spacial score (nSPS) is 22.2. The first-order chi connectivity index (χ1) is 16.3. The Balaban J connectivity index is 1.41. The molecule has 7 heteroatoms. The van der Waals surface area contributed by atoms with E-state index in [9.17, 15) is 14.4 Å². The van der Waals surface area contributed by atoms with Crippen LogP contribution in [0.4, 0.5) is 4.79 Å². The fourth-order valence-electron chi connectivity index (χ4n) is 5.32. The first kappa shape index (κ1) is 23.8. The second-order valence-electron chi connectivity index (χ2n) is 9.66. The van der Waals surface area contributed by atoms with Crippen molar-refractivity contribution in [3.05, 3.63) is 59.7 Å². The van der Waals surface area contributed by atoms with Crippen LogP contribution in [0.15, 0.2) is 48.5 Å². The average molecular weight is 465 g/mol. The predicted octanol–water partition coefficient (Wildman–Crippen LogP) is 4.45. The molecule has 4 rings (SSSR count). The maximum absolute atomic E-state index is 13.0. The summed E-state index contributed by atoms with van der Waals surface area (Å²) in [5.74, 6) is -1.23. The molecule has 0 saturated heterocycles. The van der Waals surface area contributed by atoms with Gasteiger partial charge < -0.3 is 20.5 Å². The number of alkyl carbamates (subject to hydrolysis) is 1. The zero-order chi connectivity index (χ0) is 24.3. The van der Waals surface area contributed by atoms with E-state index < -0.39 is 23.5 Å². The van der Waals surface area contributed by atoms with Gasteiger partial charge in [0.15, 0.2) is 0 Å². The highest BCUT2D eigenvalue weighted by Crippen LogP contribution is 2.44. The molecule has 2 aliphatic carbocycles. The monoisotopic (exact) mass is 464 g/mol. The van der Waals surface area contributed by atoms with Gasteiger partial charge in [-0.05, 0) is 48.9 Å². The standard InChI is InChI=1S/C27H32N2O5/c1-17(15-24(30)31)28-25(32)27(2)14-8-7-13-23(27)29-26(33)34-16-22-20-11-5-3-9-18(20)19-10-4-6-12-21(19)22/h3-6,9-12,17,22-23H,7-8,13-16H2,1-2H3,(H,28,32)(H,29,33)(H,30,31)/t17-,23?,27?/m0/s1. The highest BCUT2D eigenvalue weighted by molar-refractivity contribution is 5.85. The van der Waals surface area contributed by atoms with E-state index in [-0.39, 0.29) is 30.9 Å². The number of fused-ring (bicyclic) bond motifs is 3. The molecule has 0 bridgehead atoms. The number of hydrogen-bond acceptors (Lipinski definition) is 4. The molecule has 0 radical (unpaired) electrons. The third-order valence-electron chi connectivity index (χ3n) is 7.22. The van der Waals surface area contributed by atoms with Crippen LogP contribution in [-0.4, -0.2) is 41.8 Å². The lowest BCUT2D eigenvalue weighted by atomic mass is 9.71. The van der Waals surface area contributed by atoms with Gasteiger partial charge in [-0.2, -0.15) is 0 Å². The molecule has 3 atom stereocenters. The predicted molar refractivity (Wildman–Crippen MR) is 128 cm³/mol. The fourth-order valence-corrected chi connectivity index (χ4v) is 5.32. The Morgan fingerprint density at radius 3 is 2.29 bits per heavy atom. The van der Waals surface area contributed by atoms with Gasteiger partial charge in [0.1, 0.15) is 6.61 Å². The molecular weight excluding hydrogens is 432 g/mol. The van der Waals surface area contributed by atoms with Gasteiger partial charge in [-0.25, -0.2) is 4.79 Å². The van der Waals surface area contributed by atoms with Gasteiger partial charge in [0.05, 0.1) is 11.8 Å². The summed E-state index contributed by atoms with van der Waals surface area (Å²) in [6.45, 7) is 3.72. The maximum atomic E-state index is 13.0. The summed E-state index contributed by atoms with van der Waals surface area (Å²) in [7, 11) is 0. The van der Waals surface area contributed by atoms with E-state index in [1.807, 2.05) is 31.2 Å². The van der Waals surface area contributed by atoms with E-state index in [2.05, 4.69) is 34.9 Å². The quantitative estimate of drug-likeness (QED) is 0.561. The summed E-state index contributed by atoms with van der Waals surface area (Å²) in [4.78, 5) is 36.8. The third kappa shape index (κ3) is 4.79. The SMILES string of the molecule is C[C@@H](CC(=O)O)NC(=O)C1(C)CCCCC1NC(=O)OCC1c2ccccc2-c2ccccc21. The van der Waals surface area contributed by atoms with Crippen LogP contribution >= 0.6 is 0 Å². The van der Waals surface area contributed by atoms with Gasteiger partial charge in [0, 0.05) is 18.0 Å². The number of aliphatic carboxylic acids is 1. The summed E-state index contributed by atoms with van der Waals surface area (Å²) in [6.07, 6.45) is 2.38. The van der Waals surface area contributed by atoms with Crippen molar-refractivity contribution in [2.45, 2.75) is 64.0 Å². The van der Waals surface area contributed by atoms with Gasteiger partial charge >= 0.3 is 12.1 Å². The van der Waals surface area contributed by atoms with Crippen molar-refractivity contribution >= 4 is 18.0 Å². The number of carbonyl (C=O) groups is 3. The molecule has 34 heavy (non-hydrogen) atoms. The number of nitrogens with one attached hydrogen (secondary N) is 2. The molecule has 3 N–H and O–H groups in total. The third-order valence-corrected chi connectivity index (χ3v) is 7.22. The zero-order valence-electron chi connectivity index (χ0n) is 19.7. The lowest BCUT2D eigenvalue weighted by Gasteiger charge is -2.40. The molecule has 0 spiro atoms. The summed E-state index contributed by atoms with van der Waals surface area (Å²) < 4.78 is 5.69. The number of carbonyl (C=O) groups excluding carboxylic acids is 2. The second-order valence-corrected chi connectivity index (χ2v) is 9.66. The number of amides is 2. The number of carboxylic acids is 1. The minimum atomic E-state index is -0.963. The lowest BCUT2D eigenvalue weighted by molar-refractivity contribution is -0.138. The van der Waals surface area contributed by atoms with Crippen molar-refractivity contribution in [1.82, 2.24) is 10.6 Å². The Labute approximate surface area is 199 Å². The van der Waals surface area contributed by atoms with Crippen LogP contribution in [-0.2, 0) is 14.3 Å². The van der Waals surface area contributed by atoms with E-state index in [4.69, 9.17) is 9.84 Å². The minimum Gasteiger partial charge on any atom is -0.481 e. The molecule has 0 aliphatic heterocycles. The molecular formula is C27H32N2O5. The van der Waals surface area contributed by atoms with Crippen LogP contribution in [0.5, 0.6) is 0 Å². The van der Waals surface area contributed by atoms with Crippen molar-refractivity contribution in [1.29, 1.82) is 0 Å². The van der Waals surface area contributed by atoms with Crippen LogP contribution in [0.3, 0.4) is 0 Å². The summed E-state index contributed by atoms with van der Waals surface area (Å²) in [6, 6.07) is 15.5. The van der Waals surface area contributed by atoms with Crippen molar-refractivity contribution in [3.63, 3.8) is 0 Å². The van der Waals surface area contributed by atoms with Crippen LogP contribution in [0, 0.1) is 5.41 Å². The van der Waals surface area contributed by atoms with Gasteiger partial charge in [-0.15, -0.1) is 0 Å². The van der Waals surface area contributed by atoms with Crippen LogP contribution in [0.25, 0.3) is 11.1 Å². The van der Waals surface area contributed by atoms with E-state index in [0.717, 1.165) is 24.0 Å². The largest absolute Gasteiger partial charge is 0.481 e. The summed E-state index contributed by atoms with van der Waals surface area (Å²) in [5, 5.41) is 14.7. The molecule has 180 valence electrons. The average Bonchev–Trinajstić information content (AvgIpc) is 3.12. The topological polar surface area (TPSA) is 105 Å². The Kier molecular flexibility index (Phi) is 6.91. The molecule has 1 saturated carbocycles. The highest BCUT2D eigenvalue weighted by Gasteiger charge is 2.44. The molecule has 1 fully saturated rings. The van der Waals surface area contributed by atoms with Crippen LogP contribution in [0.2, 0.25) is 0 Å². The number of benzene rings is 2. The Morgan fingerprint density at radius 1 is 1.06 bits per heavy atom. The second kappa shape index (κ2) is 9.87. The van der Waals surface area contributed by atoms with Crippen LogP contribution < -0.4 is 10.6 Å². The Hall–Kier alpha value is -3.35. The molecule has 2 aromatic carbocycles. The first-order valence-corrected chi connectivity index (χ1v) is 11.9. The molecule has 0 heterocycles. The summed E-state index contributed by atoms with van der Waals surface area (Å²) >= 11 is 0. The van der Waals surface area contributed by atoms with E-state index >= 15 is 0 Å². The van der Waals surface area contributed by atoms with Crippen molar-refractivity contribution in [3.8, 4) is 11.1 Å². The smallest absolute Gasteiger partial charge is 0.407 e. The number of hydrogen-bond donors (Lipinski definition) is 3. The lowest BCUT2D eigenvalue weighted by Crippen LogP contribution is -2.57. The van der Waals surface area contributed by atoms with Gasteiger partial charge in [0.2, 0.25) is 5.91 Å². The Morgan fingerprint density at radius 2 is 1.68 bits per heavy atom. The first-order valence-electron chi connectivity index (χ1n) is 11.9. The van der Waals surface area contributed by atoms with Gasteiger partial charge in [-0.3, -0.25) is 9.59 Å². The maximum Gasteiger partial charge on any atom is 0.407 e. The van der Waals surface area contributed by atoms with Crippen molar-refractivity contribution in [2.24, 2.45) is 5.41 Å². The summed E-state index contributed by atoms with van der Waals surface area (Å²) in [5.41, 5.74) is 3.80.